The molecule has 6 amide bonds. The minimum absolute atomic E-state index is 0.0483. The van der Waals surface area contributed by atoms with Gasteiger partial charge in [-0.15, -0.1) is 5.10 Å². The van der Waals surface area contributed by atoms with E-state index in [1.165, 1.54) is 4.90 Å². The topological polar surface area (TPSA) is 168 Å². The van der Waals surface area contributed by atoms with Gasteiger partial charge in [-0.25, -0.2) is 19.2 Å². The number of Topliss-reactive ketones (excluding diaryl/α,β-unsaturated/α-hetero) is 1. The van der Waals surface area contributed by atoms with Crippen LogP contribution >= 0.6 is 11.8 Å². The fraction of sp³-hybridized carbons (Fsp3) is 0.513. The van der Waals surface area contributed by atoms with Gasteiger partial charge in [0.25, 0.3) is 11.8 Å². The number of para-hydroxylation sites is 1. The molecule has 7 rings (SSSR count). The molecule has 2 aromatic carbocycles. The van der Waals surface area contributed by atoms with Crippen molar-refractivity contribution in [2.24, 2.45) is 0 Å². The van der Waals surface area contributed by atoms with E-state index in [4.69, 9.17) is 9.47 Å². The van der Waals surface area contributed by atoms with Crippen LogP contribution < -0.4 is 20.3 Å². The number of piperidine rings is 1. The van der Waals surface area contributed by atoms with Gasteiger partial charge >= 0.3 is 12.1 Å². The van der Waals surface area contributed by atoms with Gasteiger partial charge in [0.2, 0.25) is 0 Å². The lowest BCUT2D eigenvalue weighted by Crippen LogP contribution is -2.49. The molecule has 0 radical (unpaired) electrons. The first-order valence-electron chi connectivity index (χ1n) is 19.2. The molecule has 16 heteroatoms. The Balaban J connectivity index is 0.739. The summed E-state index contributed by atoms with van der Waals surface area (Å²) in [5.74, 6) is 1.42. The first-order valence-corrected chi connectivity index (χ1v) is 20.2. The minimum atomic E-state index is -0.308. The molecule has 4 fully saturated rings. The van der Waals surface area contributed by atoms with Gasteiger partial charge in [-0.1, -0.05) is 29.8 Å². The molecule has 5 heterocycles. The molecule has 3 atom stereocenters. The number of thioether (sulfide) groups is 1. The van der Waals surface area contributed by atoms with Crippen molar-refractivity contribution in [3.05, 3.63) is 60.8 Å². The molecule has 4 aliphatic heterocycles. The number of anilines is 1. The van der Waals surface area contributed by atoms with E-state index in [0.29, 0.717) is 87.3 Å². The summed E-state index contributed by atoms with van der Waals surface area (Å²) in [6.45, 7) is 2.44. The fourth-order valence-corrected chi connectivity index (χ4v) is 9.17. The van der Waals surface area contributed by atoms with E-state index in [-0.39, 0.29) is 60.9 Å². The number of benzene rings is 2. The maximum Gasteiger partial charge on any atom is 0.332 e. The lowest BCUT2D eigenvalue weighted by Gasteiger charge is -2.36. The highest BCUT2D eigenvalue weighted by Crippen LogP contribution is 2.33. The number of ketones is 1. The number of carbonyl (C=O) groups excluding carboxylic acids is 5. The van der Waals surface area contributed by atoms with Crippen molar-refractivity contribution >= 4 is 47.1 Å². The Morgan fingerprint density at radius 3 is 2.49 bits per heavy atom. The molecule has 0 spiro atoms. The van der Waals surface area contributed by atoms with Crippen molar-refractivity contribution in [2.45, 2.75) is 81.3 Å². The normalized spacial score (nSPS) is 21.2. The van der Waals surface area contributed by atoms with Crippen molar-refractivity contribution in [2.75, 3.05) is 50.1 Å². The highest BCUT2D eigenvalue weighted by Gasteiger charge is 2.43. The quantitative estimate of drug-likeness (QED) is 0.110. The summed E-state index contributed by atoms with van der Waals surface area (Å²) < 4.78 is 13.3. The first kappa shape index (κ1) is 38.3. The number of carbonyl (C=O) groups is 5. The third kappa shape index (κ3) is 9.65. The van der Waals surface area contributed by atoms with E-state index in [0.717, 1.165) is 30.6 Å². The highest BCUT2D eigenvalue weighted by atomic mass is 32.2. The Morgan fingerprint density at radius 2 is 1.69 bits per heavy atom. The number of nitrogens with one attached hydrogen (secondary N) is 2. The third-order valence-corrected chi connectivity index (χ3v) is 12.2. The molecular formula is C39H48N8O7S. The van der Waals surface area contributed by atoms with Crippen LogP contribution in [-0.4, -0.2) is 123 Å². The highest BCUT2D eigenvalue weighted by molar-refractivity contribution is 8.00. The van der Waals surface area contributed by atoms with Gasteiger partial charge in [-0.2, -0.15) is 11.8 Å². The number of urea groups is 2. The van der Waals surface area contributed by atoms with Crippen molar-refractivity contribution < 1.29 is 33.4 Å². The second-order valence-corrected chi connectivity index (χ2v) is 15.7. The SMILES string of the molecule is O=C(CCCC[C@@H]1SC[C@@H]2NC(=O)N[C@@H]21)CCCOCCn1cc(-c2ccc(OCC(=O)N3CCC(N4CC(=O)N(c5ccccc5)C4=O)CC3)cc2)nn1. The molecule has 0 saturated carbocycles. The predicted molar refractivity (Wildman–Crippen MR) is 206 cm³/mol. The van der Waals surface area contributed by atoms with Gasteiger partial charge in [-0.3, -0.25) is 14.4 Å². The molecule has 15 nitrogen and oxygen atoms in total. The lowest BCUT2D eigenvalue weighted by molar-refractivity contribution is -0.135. The van der Waals surface area contributed by atoms with Crippen LogP contribution in [0.5, 0.6) is 5.75 Å². The molecule has 55 heavy (non-hydrogen) atoms. The molecular weight excluding hydrogens is 725 g/mol. The molecule has 0 bridgehead atoms. The average Bonchev–Trinajstić information content (AvgIpc) is 3.98. The van der Waals surface area contributed by atoms with Crippen molar-refractivity contribution in [3.63, 3.8) is 0 Å². The predicted octanol–water partition coefficient (Wildman–Crippen LogP) is 3.88. The second-order valence-electron chi connectivity index (χ2n) is 14.4. The van der Waals surface area contributed by atoms with E-state index in [1.54, 1.807) is 50.9 Å². The molecule has 292 valence electrons. The Hall–Kier alpha value is -4.96. The first-order chi connectivity index (χ1) is 26.8. The Morgan fingerprint density at radius 1 is 0.909 bits per heavy atom. The van der Waals surface area contributed by atoms with Gasteiger partial charge in [-0.05, 0) is 68.5 Å². The lowest BCUT2D eigenvalue weighted by atomic mass is 10.0. The Labute approximate surface area is 324 Å². The van der Waals surface area contributed by atoms with Gasteiger partial charge < -0.3 is 29.9 Å². The summed E-state index contributed by atoms with van der Waals surface area (Å²) >= 11 is 1.91. The van der Waals surface area contributed by atoms with Crippen molar-refractivity contribution in [3.8, 4) is 17.0 Å². The van der Waals surface area contributed by atoms with E-state index in [9.17, 15) is 24.0 Å². The summed E-state index contributed by atoms with van der Waals surface area (Å²) in [4.78, 5) is 67.1. The molecule has 0 unspecified atom stereocenters. The van der Waals surface area contributed by atoms with Gasteiger partial charge in [0, 0.05) is 55.1 Å². The molecule has 0 aliphatic carbocycles. The van der Waals surface area contributed by atoms with Gasteiger partial charge in [0.05, 0.1) is 37.1 Å². The largest absolute Gasteiger partial charge is 0.484 e. The fourth-order valence-electron chi connectivity index (χ4n) is 7.63. The molecule has 4 aliphatic rings. The number of likely N-dealkylation sites (tertiary alicyclic amines) is 1. The number of fused-ring (bicyclic) bond motifs is 1. The van der Waals surface area contributed by atoms with Gasteiger partial charge in [0.15, 0.2) is 6.61 Å². The van der Waals surface area contributed by atoms with Crippen LogP contribution in [0.1, 0.15) is 51.4 Å². The van der Waals surface area contributed by atoms with Crippen molar-refractivity contribution in [1.82, 2.24) is 35.4 Å². The minimum Gasteiger partial charge on any atom is -0.484 e. The third-order valence-electron chi connectivity index (χ3n) is 10.7. The maximum absolute atomic E-state index is 13.1. The van der Waals surface area contributed by atoms with Crippen LogP contribution in [0, 0.1) is 0 Å². The summed E-state index contributed by atoms with van der Waals surface area (Å²) in [6.07, 6.45) is 7.74. The average molecular weight is 773 g/mol. The number of rotatable bonds is 18. The number of aromatic nitrogens is 3. The summed E-state index contributed by atoms with van der Waals surface area (Å²) in [5, 5.41) is 14.9. The zero-order valence-electron chi connectivity index (χ0n) is 30.8. The number of hydrogen-bond donors (Lipinski definition) is 2. The monoisotopic (exact) mass is 772 g/mol. The van der Waals surface area contributed by atoms with Crippen LogP contribution in [0.4, 0.5) is 15.3 Å². The Kier molecular flexibility index (Phi) is 12.6. The molecule has 1 aromatic heterocycles. The molecule has 2 N–H and O–H groups in total. The van der Waals surface area contributed by atoms with Crippen LogP contribution in [0.15, 0.2) is 60.8 Å². The van der Waals surface area contributed by atoms with Crippen molar-refractivity contribution in [1.29, 1.82) is 0 Å². The van der Waals surface area contributed by atoms with E-state index in [2.05, 4.69) is 20.9 Å². The van der Waals surface area contributed by atoms with Crippen LogP contribution in [0.25, 0.3) is 11.3 Å². The van der Waals surface area contributed by atoms with E-state index >= 15 is 0 Å². The second kappa shape index (κ2) is 18.1. The molecule has 4 saturated heterocycles. The van der Waals surface area contributed by atoms with E-state index in [1.807, 2.05) is 36.2 Å². The zero-order valence-corrected chi connectivity index (χ0v) is 31.7. The number of hydrogen-bond acceptors (Lipinski definition) is 10. The standard InChI is InChI=1S/C39H48N8O7S/c48-30(9-4-5-11-34-37-33(26-55-34)40-38(51)41-37)10-6-21-53-22-20-45-23-32(42-43-45)27-12-14-31(15-13-27)54-25-36(50)44-18-16-28(17-19-44)46-24-35(49)47(39(46)52)29-7-2-1-3-8-29/h1-3,7-8,12-15,23,28,33-34,37H,4-6,9-11,16-22,24-26H2,(H2,40,41,51)/t33-,34-,37-/m0/s1. The maximum atomic E-state index is 13.1. The van der Waals surface area contributed by atoms with Crippen LogP contribution in [0.2, 0.25) is 0 Å². The van der Waals surface area contributed by atoms with E-state index < -0.39 is 0 Å². The number of nitrogens with zero attached hydrogens (tertiary/aromatic N) is 6. The summed E-state index contributed by atoms with van der Waals surface area (Å²) in [6, 6.07) is 16.3. The number of ether oxygens (including phenoxy) is 2. The number of amides is 6. The van der Waals surface area contributed by atoms with Crippen LogP contribution in [0.3, 0.4) is 0 Å². The molecule has 3 aromatic rings. The van der Waals surface area contributed by atoms with Gasteiger partial charge in [0.1, 0.15) is 23.8 Å². The number of unbranched alkanes of at least 4 members (excludes halogenated alkanes) is 1. The van der Waals surface area contributed by atoms with Crippen LogP contribution in [-0.2, 0) is 25.7 Å². The Bertz CT molecular complexity index is 1820. The smallest absolute Gasteiger partial charge is 0.332 e. The number of imide groups is 1. The zero-order chi connectivity index (χ0) is 38.1. The summed E-state index contributed by atoms with van der Waals surface area (Å²) in [5.41, 5.74) is 2.14. The summed E-state index contributed by atoms with van der Waals surface area (Å²) in [7, 11) is 0.